The number of methoxy groups -OCH3 is 1. The summed E-state index contributed by atoms with van der Waals surface area (Å²) in [6.07, 6.45) is 18.4. The molecule has 0 heterocycles. The number of unbranched alkanes of at least 4 members (excludes halogenated alkanes) is 13. The standard InChI is InChI=1S/C21H44O4/c1-3-4-5-6-7-8-9-10-11-12-13-14-15-16-17-21(20(23)18-22)25-19-24-2/h20-23H,3-19H2,1-2H3. The molecule has 4 nitrogen and oxygen atoms in total. The van der Waals surface area contributed by atoms with Crippen molar-refractivity contribution in [2.75, 3.05) is 20.5 Å². The Morgan fingerprint density at radius 3 is 1.56 bits per heavy atom. The van der Waals surface area contributed by atoms with Gasteiger partial charge in [-0.15, -0.1) is 0 Å². The summed E-state index contributed by atoms with van der Waals surface area (Å²) in [5.41, 5.74) is 0. The quantitative estimate of drug-likeness (QED) is 0.231. The number of aliphatic hydroxyl groups excluding tert-OH is 2. The van der Waals surface area contributed by atoms with Gasteiger partial charge >= 0.3 is 0 Å². The highest BCUT2D eigenvalue weighted by Gasteiger charge is 2.18. The molecular weight excluding hydrogens is 316 g/mol. The second-order valence-electron chi connectivity index (χ2n) is 7.25. The van der Waals surface area contributed by atoms with E-state index in [-0.39, 0.29) is 19.5 Å². The molecule has 0 aliphatic carbocycles. The first-order valence-electron chi connectivity index (χ1n) is 10.7. The van der Waals surface area contributed by atoms with Gasteiger partial charge in [-0.3, -0.25) is 0 Å². The van der Waals surface area contributed by atoms with E-state index in [1.54, 1.807) is 7.11 Å². The van der Waals surface area contributed by atoms with Gasteiger partial charge in [0.05, 0.1) is 12.7 Å². The number of hydrogen-bond donors (Lipinski definition) is 2. The predicted octanol–water partition coefficient (Wildman–Crippen LogP) is 5.20. The van der Waals surface area contributed by atoms with Crippen LogP contribution >= 0.6 is 0 Å². The highest BCUT2D eigenvalue weighted by Crippen LogP contribution is 2.15. The summed E-state index contributed by atoms with van der Waals surface area (Å²) in [5, 5.41) is 18.8. The lowest BCUT2D eigenvalue weighted by Gasteiger charge is -2.21. The number of hydrogen-bond acceptors (Lipinski definition) is 4. The summed E-state index contributed by atoms with van der Waals surface area (Å²) in [6, 6.07) is 0. The van der Waals surface area contributed by atoms with Crippen LogP contribution in [0.1, 0.15) is 103 Å². The van der Waals surface area contributed by atoms with Gasteiger partial charge in [0.15, 0.2) is 0 Å². The Morgan fingerprint density at radius 1 is 0.720 bits per heavy atom. The smallest absolute Gasteiger partial charge is 0.146 e. The minimum atomic E-state index is -0.808. The molecule has 0 aromatic carbocycles. The molecule has 0 radical (unpaired) electrons. The lowest BCUT2D eigenvalue weighted by atomic mass is 10.0. The minimum absolute atomic E-state index is 0.167. The summed E-state index contributed by atoms with van der Waals surface area (Å²) >= 11 is 0. The van der Waals surface area contributed by atoms with E-state index in [0.717, 1.165) is 12.8 Å². The molecular formula is C21H44O4. The van der Waals surface area contributed by atoms with Crippen LogP contribution in [0.5, 0.6) is 0 Å². The molecule has 2 N–H and O–H groups in total. The van der Waals surface area contributed by atoms with Crippen LogP contribution in [-0.4, -0.2) is 42.9 Å². The molecule has 0 saturated heterocycles. The topological polar surface area (TPSA) is 58.9 Å². The lowest BCUT2D eigenvalue weighted by molar-refractivity contribution is -0.123. The van der Waals surface area contributed by atoms with Gasteiger partial charge in [0.1, 0.15) is 12.9 Å². The third-order valence-electron chi connectivity index (χ3n) is 4.86. The van der Waals surface area contributed by atoms with Crippen molar-refractivity contribution in [2.45, 2.75) is 115 Å². The summed E-state index contributed by atoms with van der Waals surface area (Å²) in [6.45, 7) is 2.18. The van der Waals surface area contributed by atoms with Crippen LogP contribution in [0.3, 0.4) is 0 Å². The maximum absolute atomic E-state index is 9.72. The maximum Gasteiger partial charge on any atom is 0.146 e. The van der Waals surface area contributed by atoms with Crippen molar-refractivity contribution in [3.63, 3.8) is 0 Å². The van der Waals surface area contributed by atoms with Crippen LogP contribution in [0.2, 0.25) is 0 Å². The molecule has 25 heavy (non-hydrogen) atoms. The number of ether oxygens (including phenoxy) is 2. The lowest BCUT2D eigenvalue weighted by Crippen LogP contribution is -2.32. The molecule has 0 saturated carbocycles. The van der Waals surface area contributed by atoms with Gasteiger partial charge in [0.2, 0.25) is 0 Å². The van der Waals surface area contributed by atoms with Crippen molar-refractivity contribution in [3.05, 3.63) is 0 Å². The van der Waals surface area contributed by atoms with Gasteiger partial charge in [0.25, 0.3) is 0 Å². The first-order valence-corrected chi connectivity index (χ1v) is 10.7. The van der Waals surface area contributed by atoms with Gasteiger partial charge in [-0.25, -0.2) is 0 Å². The molecule has 152 valence electrons. The highest BCUT2D eigenvalue weighted by atomic mass is 16.7. The van der Waals surface area contributed by atoms with E-state index in [4.69, 9.17) is 14.6 Å². The summed E-state index contributed by atoms with van der Waals surface area (Å²) in [4.78, 5) is 0. The van der Waals surface area contributed by atoms with Crippen LogP contribution in [0.25, 0.3) is 0 Å². The number of rotatable bonds is 20. The van der Waals surface area contributed by atoms with Crippen LogP contribution < -0.4 is 0 Å². The predicted molar refractivity (Wildman–Crippen MR) is 105 cm³/mol. The molecule has 2 unspecified atom stereocenters. The molecule has 0 rings (SSSR count). The van der Waals surface area contributed by atoms with E-state index < -0.39 is 6.10 Å². The van der Waals surface area contributed by atoms with E-state index in [2.05, 4.69) is 6.92 Å². The van der Waals surface area contributed by atoms with Crippen molar-refractivity contribution < 1.29 is 19.7 Å². The van der Waals surface area contributed by atoms with Crippen LogP contribution in [-0.2, 0) is 9.47 Å². The van der Waals surface area contributed by atoms with Crippen molar-refractivity contribution >= 4 is 0 Å². The molecule has 0 aromatic heterocycles. The molecule has 0 aliphatic rings. The second kappa shape index (κ2) is 20.2. The average molecular weight is 361 g/mol. The third-order valence-corrected chi connectivity index (χ3v) is 4.86. The van der Waals surface area contributed by atoms with E-state index in [9.17, 15) is 5.11 Å². The Morgan fingerprint density at radius 2 is 1.16 bits per heavy atom. The summed E-state index contributed by atoms with van der Waals surface area (Å²) in [5.74, 6) is 0. The van der Waals surface area contributed by atoms with Gasteiger partial charge in [-0.2, -0.15) is 0 Å². The number of aliphatic hydroxyl groups is 2. The van der Waals surface area contributed by atoms with Gasteiger partial charge in [-0.1, -0.05) is 96.8 Å². The molecule has 0 spiro atoms. The van der Waals surface area contributed by atoms with Crippen molar-refractivity contribution in [1.82, 2.24) is 0 Å². The minimum Gasteiger partial charge on any atom is -0.394 e. The van der Waals surface area contributed by atoms with Crippen LogP contribution in [0.4, 0.5) is 0 Å². The van der Waals surface area contributed by atoms with Crippen LogP contribution in [0, 0.1) is 0 Å². The van der Waals surface area contributed by atoms with Crippen molar-refractivity contribution in [2.24, 2.45) is 0 Å². The molecule has 0 amide bonds. The zero-order chi connectivity index (χ0) is 18.6. The van der Waals surface area contributed by atoms with Gasteiger partial charge in [0, 0.05) is 7.11 Å². The fourth-order valence-electron chi connectivity index (χ4n) is 3.20. The Balaban J connectivity index is 3.33. The molecule has 0 fully saturated rings. The molecule has 0 aliphatic heterocycles. The van der Waals surface area contributed by atoms with Crippen molar-refractivity contribution in [1.29, 1.82) is 0 Å². The second-order valence-corrected chi connectivity index (χ2v) is 7.25. The zero-order valence-electron chi connectivity index (χ0n) is 16.9. The normalized spacial score (nSPS) is 13.9. The van der Waals surface area contributed by atoms with E-state index >= 15 is 0 Å². The monoisotopic (exact) mass is 360 g/mol. The van der Waals surface area contributed by atoms with E-state index in [1.807, 2.05) is 0 Å². The Kier molecular flexibility index (Phi) is 20.0. The van der Waals surface area contributed by atoms with E-state index in [0.29, 0.717) is 0 Å². The first kappa shape index (κ1) is 24.8. The van der Waals surface area contributed by atoms with Gasteiger partial charge < -0.3 is 19.7 Å². The SMILES string of the molecule is CCCCCCCCCCCCCCCCC(OCOC)C(O)CO. The molecule has 0 bridgehead atoms. The largest absolute Gasteiger partial charge is 0.394 e. The average Bonchev–Trinajstić information content (AvgIpc) is 2.63. The van der Waals surface area contributed by atoms with Crippen molar-refractivity contribution in [3.8, 4) is 0 Å². The van der Waals surface area contributed by atoms with Crippen LogP contribution in [0.15, 0.2) is 0 Å². The Labute approximate surface area is 156 Å². The zero-order valence-corrected chi connectivity index (χ0v) is 16.9. The summed E-state index contributed by atoms with van der Waals surface area (Å²) in [7, 11) is 1.56. The van der Waals surface area contributed by atoms with E-state index in [1.165, 1.54) is 83.5 Å². The van der Waals surface area contributed by atoms with Gasteiger partial charge in [-0.05, 0) is 6.42 Å². The Bertz CT molecular complexity index is 248. The fraction of sp³-hybridized carbons (Fsp3) is 1.00. The maximum atomic E-state index is 9.72. The molecule has 2 atom stereocenters. The molecule has 4 heteroatoms. The highest BCUT2D eigenvalue weighted by molar-refractivity contribution is 4.68. The Hall–Kier alpha value is -0.160. The molecule has 0 aromatic rings. The fourth-order valence-corrected chi connectivity index (χ4v) is 3.20. The first-order chi connectivity index (χ1) is 12.3. The summed E-state index contributed by atoms with van der Waals surface area (Å²) < 4.78 is 10.3. The third kappa shape index (κ3) is 17.0.